The molecule has 0 heterocycles. The summed E-state index contributed by atoms with van der Waals surface area (Å²) in [4.78, 5) is 0. The molecule has 224 valence electrons. The van der Waals surface area contributed by atoms with Crippen LogP contribution in [0.5, 0.6) is 0 Å². The predicted octanol–water partition coefficient (Wildman–Crippen LogP) is 13.5. The first-order valence-electron chi connectivity index (χ1n) is 18.0. The largest absolute Gasteiger partial charge is 0.381 e. The Morgan fingerprint density at radius 1 is 0.216 bits per heavy atom. The first-order valence-corrected chi connectivity index (χ1v) is 18.0. The van der Waals surface area contributed by atoms with Crippen LogP contribution in [0, 0.1) is 0 Å². The molecule has 0 aliphatic rings. The van der Waals surface area contributed by atoms with Crippen LogP contribution in [0.15, 0.2) is 0 Å². The molecular weight excluding hydrogens is 448 g/mol. The summed E-state index contributed by atoms with van der Waals surface area (Å²) in [5.41, 5.74) is 0. The van der Waals surface area contributed by atoms with Gasteiger partial charge in [-0.15, -0.1) is 0 Å². The Bertz CT molecular complexity index is 332. The van der Waals surface area contributed by atoms with Crippen LogP contribution in [0.1, 0.15) is 219 Å². The van der Waals surface area contributed by atoms with Crippen molar-refractivity contribution in [2.45, 2.75) is 219 Å². The van der Waals surface area contributed by atoms with Crippen LogP contribution in [-0.2, 0) is 4.74 Å². The van der Waals surface area contributed by atoms with E-state index < -0.39 is 0 Å². The highest BCUT2D eigenvalue weighted by Crippen LogP contribution is 2.16. The number of rotatable bonds is 34. The van der Waals surface area contributed by atoms with Crippen molar-refractivity contribution in [2.24, 2.45) is 0 Å². The molecule has 0 fully saturated rings. The highest BCUT2D eigenvalue weighted by molar-refractivity contribution is 4.52. The van der Waals surface area contributed by atoms with Crippen molar-refractivity contribution in [3.63, 3.8) is 0 Å². The van der Waals surface area contributed by atoms with Crippen LogP contribution in [0.25, 0.3) is 0 Å². The summed E-state index contributed by atoms with van der Waals surface area (Å²) in [7, 11) is 0. The summed E-state index contributed by atoms with van der Waals surface area (Å²) in [6, 6.07) is 0. The molecule has 0 aromatic heterocycles. The fourth-order valence-electron chi connectivity index (χ4n) is 5.61. The highest BCUT2D eigenvalue weighted by atomic mass is 16.5. The minimum Gasteiger partial charge on any atom is -0.381 e. The molecule has 0 amide bonds. The van der Waals surface area contributed by atoms with Gasteiger partial charge in [-0.3, -0.25) is 0 Å². The second kappa shape index (κ2) is 36.0. The van der Waals surface area contributed by atoms with Crippen LogP contribution >= 0.6 is 0 Å². The lowest BCUT2D eigenvalue weighted by Crippen LogP contribution is -1.97. The Balaban J connectivity index is 3.00. The zero-order valence-electron chi connectivity index (χ0n) is 26.4. The average Bonchev–Trinajstić information content (AvgIpc) is 2.91. The van der Waals surface area contributed by atoms with E-state index >= 15 is 0 Å². The molecular formula is C36H74O. The van der Waals surface area contributed by atoms with Gasteiger partial charge in [0.05, 0.1) is 0 Å². The standard InChI is InChI=1S/C36H74O/c1-3-5-7-9-10-11-12-13-14-15-16-17-18-19-20-21-22-23-24-25-26-27-28-29-30-31-32-34-36-37-35-33-8-6-4-2/h3-36H2,1-2H3. The number of unbranched alkanes of at least 4 members (excludes halogenated alkanes) is 30. The summed E-state index contributed by atoms with van der Waals surface area (Å²) in [5.74, 6) is 0. The fourth-order valence-corrected chi connectivity index (χ4v) is 5.61. The van der Waals surface area contributed by atoms with Crippen LogP contribution in [0.2, 0.25) is 0 Å². The van der Waals surface area contributed by atoms with Gasteiger partial charge in [0, 0.05) is 13.2 Å². The molecule has 1 nitrogen and oxygen atoms in total. The molecule has 0 saturated carbocycles. The van der Waals surface area contributed by atoms with Crippen molar-refractivity contribution in [2.75, 3.05) is 13.2 Å². The van der Waals surface area contributed by atoms with Crippen LogP contribution in [0.3, 0.4) is 0 Å². The molecule has 37 heavy (non-hydrogen) atoms. The van der Waals surface area contributed by atoms with Crippen molar-refractivity contribution < 1.29 is 4.74 Å². The van der Waals surface area contributed by atoms with Crippen molar-refractivity contribution in [1.29, 1.82) is 0 Å². The van der Waals surface area contributed by atoms with Crippen molar-refractivity contribution in [3.05, 3.63) is 0 Å². The molecule has 0 aromatic carbocycles. The van der Waals surface area contributed by atoms with E-state index in [9.17, 15) is 0 Å². The van der Waals surface area contributed by atoms with Crippen LogP contribution < -0.4 is 0 Å². The van der Waals surface area contributed by atoms with E-state index in [0.29, 0.717) is 0 Å². The van der Waals surface area contributed by atoms with Gasteiger partial charge in [-0.2, -0.15) is 0 Å². The predicted molar refractivity (Wildman–Crippen MR) is 170 cm³/mol. The maximum atomic E-state index is 5.74. The first kappa shape index (κ1) is 37.0. The molecule has 1 heteroatoms. The minimum absolute atomic E-state index is 0.986. The Labute approximate surface area is 237 Å². The van der Waals surface area contributed by atoms with E-state index in [1.165, 1.54) is 205 Å². The Kier molecular flexibility index (Phi) is 35.9. The van der Waals surface area contributed by atoms with Crippen molar-refractivity contribution in [3.8, 4) is 0 Å². The summed E-state index contributed by atoms with van der Waals surface area (Å²) in [6.07, 6.45) is 46.2. The van der Waals surface area contributed by atoms with Gasteiger partial charge in [-0.05, 0) is 12.8 Å². The van der Waals surface area contributed by atoms with Gasteiger partial charge >= 0.3 is 0 Å². The van der Waals surface area contributed by atoms with Gasteiger partial charge in [0.2, 0.25) is 0 Å². The average molecular weight is 523 g/mol. The Morgan fingerprint density at radius 3 is 0.595 bits per heavy atom. The number of hydrogen-bond donors (Lipinski definition) is 0. The topological polar surface area (TPSA) is 9.23 Å². The van der Waals surface area contributed by atoms with E-state index in [1.807, 2.05) is 0 Å². The molecule has 0 atom stereocenters. The van der Waals surface area contributed by atoms with E-state index in [4.69, 9.17) is 4.74 Å². The quantitative estimate of drug-likeness (QED) is 0.0763. The molecule has 0 aliphatic heterocycles. The first-order chi connectivity index (χ1) is 18.4. The number of hydrogen-bond acceptors (Lipinski definition) is 1. The lowest BCUT2D eigenvalue weighted by molar-refractivity contribution is 0.125. The third-order valence-electron chi connectivity index (χ3n) is 8.28. The van der Waals surface area contributed by atoms with Crippen molar-refractivity contribution >= 4 is 0 Å². The Hall–Kier alpha value is -0.0400. The fraction of sp³-hybridized carbons (Fsp3) is 1.00. The van der Waals surface area contributed by atoms with Crippen LogP contribution in [0.4, 0.5) is 0 Å². The van der Waals surface area contributed by atoms with Gasteiger partial charge in [-0.25, -0.2) is 0 Å². The van der Waals surface area contributed by atoms with E-state index in [0.717, 1.165) is 13.2 Å². The second-order valence-electron chi connectivity index (χ2n) is 12.2. The van der Waals surface area contributed by atoms with Gasteiger partial charge < -0.3 is 4.74 Å². The molecule has 0 rings (SSSR count). The molecule has 0 spiro atoms. The summed E-state index contributed by atoms with van der Waals surface area (Å²) < 4.78 is 5.74. The third kappa shape index (κ3) is 36.0. The van der Waals surface area contributed by atoms with Crippen molar-refractivity contribution in [1.82, 2.24) is 0 Å². The minimum atomic E-state index is 0.986. The van der Waals surface area contributed by atoms with Gasteiger partial charge in [-0.1, -0.05) is 206 Å². The maximum Gasteiger partial charge on any atom is 0.0466 e. The second-order valence-corrected chi connectivity index (χ2v) is 12.2. The zero-order chi connectivity index (χ0) is 26.7. The van der Waals surface area contributed by atoms with E-state index in [1.54, 1.807) is 0 Å². The molecule has 0 aliphatic carbocycles. The van der Waals surface area contributed by atoms with Crippen LogP contribution in [-0.4, -0.2) is 13.2 Å². The van der Waals surface area contributed by atoms with Gasteiger partial charge in [0.25, 0.3) is 0 Å². The molecule has 0 radical (unpaired) electrons. The van der Waals surface area contributed by atoms with Gasteiger partial charge in [0.1, 0.15) is 0 Å². The molecule has 0 unspecified atom stereocenters. The monoisotopic (exact) mass is 523 g/mol. The third-order valence-corrected chi connectivity index (χ3v) is 8.28. The molecule has 0 N–H and O–H groups in total. The summed E-state index contributed by atoms with van der Waals surface area (Å²) >= 11 is 0. The van der Waals surface area contributed by atoms with Gasteiger partial charge in [0.15, 0.2) is 0 Å². The van der Waals surface area contributed by atoms with E-state index in [-0.39, 0.29) is 0 Å². The lowest BCUT2D eigenvalue weighted by Gasteiger charge is -2.05. The summed E-state index contributed by atoms with van der Waals surface area (Å²) in [5, 5.41) is 0. The molecule has 0 saturated heterocycles. The SMILES string of the molecule is CCCCCCCCCCCCCCCCCCCCCCCCCCCCCCOCCCCCC. The molecule has 0 bridgehead atoms. The molecule has 0 aromatic rings. The maximum absolute atomic E-state index is 5.74. The zero-order valence-corrected chi connectivity index (χ0v) is 26.4. The Morgan fingerprint density at radius 2 is 0.378 bits per heavy atom. The normalized spacial score (nSPS) is 11.5. The number of ether oxygens (including phenoxy) is 1. The highest BCUT2D eigenvalue weighted by Gasteiger charge is 1.97. The van der Waals surface area contributed by atoms with E-state index in [2.05, 4.69) is 13.8 Å². The smallest absolute Gasteiger partial charge is 0.0466 e. The lowest BCUT2D eigenvalue weighted by atomic mass is 10.0. The summed E-state index contributed by atoms with van der Waals surface area (Å²) in [6.45, 7) is 6.55.